The van der Waals surface area contributed by atoms with Gasteiger partial charge in [0.1, 0.15) is 5.82 Å². The number of benzene rings is 3. The topological polar surface area (TPSA) is 49.3 Å². The predicted molar refractivity (Wildman–Crippen MR) is 85.6 cm³/mol. The Bertz CT molecular complexity index is 880. The van der Waals surface area contributed by atoms with Gasteiger partial charge < -0.3 is 10.4 Å². The average Bonchev–Trinajstić information content (AvgIpc) is 2.51. The summed E-state index contributed by atoms with van der Waals surface area (Å²) in [6.45, 7) is 0. The van der Waals surface area contributed by atoms with Crippen LogP contribution in [0.4, 0.5) is 15.8 Å². The Kier molecular flexibility index (Phi) is 3.69. The van der Waals surface area contributed by atoms with Crippen molar-refractivity contribution in [3.8, 4) is 0 Å². The van der Waals surface area contributed by atoms with Crippen LogP contribution in [-0.2, 0) is 0 Å². The van der Waals surface area contributed by atoms with Gasteiger partial charge in [-0.1, -0.05) is 48.0 Å². The minimum atomic E-state index is -1.05. The Balaban J connectivity index is 2.18. The third kappa shape index (κ3) is 2.49. The highest BCUT2D eigenvalue weighted by Crippen LogP contribution is 2.35. The van der Waals surface area contributed by atoms with Crippen LogP contribution in [0.3, 0.4) is 0 Å². The molecule has 0 saturated heterocycles. The molecule has 110 valence electrons. The van der Waals surface area contributed by atoms with Gasteiger partial charge in [-0.3, -0.25) is 0 Å². The van der Waals surface area contributed by atoms with Gasteiger partial charge in [-0.2, -0.15) is 0 Å². The van der Waals surface area contributed by atoms with Crippen LogP contribution in [0.2, 0.25) is 5.02 Å². The maximum absolute atomic E-state index is 14.0. The van der Waals surface area contributed by atoms with Crippen LogP contribution in [0, 0.1) is 5.82 Å². The molecule has 22 heavy (non-hydrogen) atoms. The van der Waals surface area contributed by atoms with E-state index in [9.17, 15) is 14.3 Å². The molecule has 3 nitrogen and oxygen atoms in total. The lowest BCUT2D eigenvalue weighted by Gasteiger charge is -2.14. The minimum absolute atomic E-state index is 0.118. The Morgan fingerprint density at radius 2 is 1.68 bits per heavy atom. The van der Waals surface area contributed by atoms with Crippen molar-refractivity contribution in [1.29, 1.82) is 0 Å². The highest BCUT2D eigenvalue weighted by atomic mass is 35.5. The molecule has 0 bridgehead atoms. The summed E-state index contributed by atoms with van der Waals surface area (Å²) in [5.74, 6) is -1.47. The van der Waals surface area contributed by atoms with Gasteiger partial charge in [0, 0.05) is 10.8 Å². The van der Waals surface area contributed by atoms with E-state index in [1.807, 2.05) is 0 Å². The molecule has 0 aromatic heterocycles. The van der Waals surface area contributed by atoms with Crippen LogP contribution in [0.25, 0.3) is 10.8 Å². The summed E-state index contributed by atoms with van der Waals surface area (Å²) >= 11 is 6.14. The molecule has 0 unspecified atom stereocenters. The zero-order chi connectivity index (χ0) is 15.7. The van der Waals surface area contributed by atoms with Crippen LogP contribution >= 0.6 is 11.6 Å². The smallest absolute Gasteiger partial charge is 0.337 e. The van der Waals surface area contributed by atoms with E-state index in [4.69, 9.17) is 11.6 Å². The lowest BCUT2D eigenvalue weighted by molar-refractivity contribution is 0.0698. The molecule has 5 heteroatoms. The molecule has 0 saturated carbocycles. The number of para-hydroxylation sites is 1. The first-order valence-electron chi connectivity index (χ1n) is 6.54. The molecule has 0 fully saturated rings. The summed E-state index contributed by atoms with van der Waals surface area (Å²) in [5, 5.41) is 13.5. The van der Waals surface area contributed by atoms with Gasteiger partial charge in [-0.05, 0) is 18.2 Å². The fraction of sp³-hybridized carbons (Fsp3) is 0. The summed E-state index contributed by atoms with van der Waals surface area (Å²) in [7, 11) is 0. The minimum Gasteiger partial charge on any atom is -0.478 e. The Morgan fingerprint density at radius 1 is 1.05 bits per heavy atom. The van der Waals surface area contributed by atoms with Crippen LogP contribution in [0.1, 0.15) is 10.4 Å². The van der Waals surface area contributed by atoms with Crippen molar-refractivity contribution in [2.24, 2.45) is 0 Å². The lowest BCUT2D eigenvalue weighted by atomic mass is 10.1. The number of carbonyl (C=O) groups is 1. The summed E-state index contributed by atoms with van der Waals surface area (Å²) in [5.41, 5.74) is 0.994. The van der Waals surface area contributed by atoms with E-state index in [0.29, 0.717) is 22.1 Å². The second-order valence-corrected chi connectivity index (χ2v) is 5.14. The van der Waals surface area contributed by atoms with Gasteiger partial charge in [0.05, 0.1) is 22.0 Å². The number of hydrogen-bond acceptors (Lipinski definition) is 2. The second-order valence-electron chi connectivity index (χ2n) is 4.74. The standard InChI is InChI=1S/C17H11ClFNO2/c18-13-9-14(19)10-5-1-2-6-11(10)16(13)20-15-8-4-3-7-12(15)17(21)22/h1-9,20H,(H,21,22). The zero-order valence-corrected chi connectivity index (χ0v) is 12.1. The first kappa shape index (κ1) is 14.4. The van der Waals surface area contributed by atoms with Gasteiger partial charge in [0.15, 0.2) is 0 Å². The van der Waals surface area contributed by atoms with Crippen molar-refractivity contribution in [2.75, 3.05) is 5.32 Å². The Morgan fingerprint density at radius 3 is 2.41 bits per heavy atom. The van der Waals surface area contributed by atoms with Crippen molar-refractivity contribution >= 4 is 39.7 Å². The molecule has 0 amide bonds. The fourth-order valence-corrected chi connectivity index (χ4v) is 2.58. The van der Waals surface area contributed by atoms with Crippen molar-refractivity contribution in [3.63, 3.8) is 0 Å². The normalized spacial score (nSPS) is 10.6. The van der Waals surface area contributed by atoms with Crippen LogP contribution in [-0.4, -0.2) is 11.1 Å². The van der Waals surface area contributed by atoms with Gasteiger partial charge in [-0.25, -0.2) is 9.18 Å². The highest BCUT2D eigenvalue weighted by Gasteiger charge is 2.14. The van der Waals surface area contributed by atoms with Crippen LogP contribution in [0.15, 0.2) is 54.6 Å². The maximum Gasteiger partial charge on any atom is 0.337 e. The number of carboxylic acids is 1. The van der Waals surface area contributed by atoms with E-state index < -0.39 is 11.8 Å². The van der Waals surface area contributed by atoms with Crippen molar-refractivity contribution in [1.82, 2.24) is 0 Å². The molecular weight excluding hydrogens is 305 g/mol. The molecule has 3 aromatic rings. The third-order valence-corrected chi connectivity index (χ3v) is 3.66. The first-order chi connectivity index (χ1) is 10.6. The SMILES string of the molecule is O=C(O)c1ccccc1Nc1c(Cl)cc(F)c2ccccc12. The molecule has 0 radical (unpaired) electrons. The zero-order valence-electron chi connectivity index (χ0n) is 11.3. The van der Waals surface area contributed by atoms with Gasteiger partial charge in [0.2, 0.25) is 0 Å². The molecule has 0 aliphatic carbocycles. The van der Waals surface area contributed by atoms with Crippen LogP contribution in [0.5, 0.6) is 0 Å². The quantitative estimate of drug-likeness (QED) is 0.709. The van der Waals surface area contributed by atoms with Gasteiger partial charge >= 0.3 is 5.97 Å². The average molecular weight is 316 g/mol. The molecule has 0 aliphatic heterocycles. The molecule has 0 heterocycles. The van der Waals surface area contributed by atoms with E-state index in [1.54, 1.807) is 42.5 Å². The Labute approximate surface area is 131 Å². The summed E-state index contributed by atoms with van der Waals surface area (Å²) < 4.78 is 14.0. The van der Waals surface area contributed by atoms with Crippen molar-refractivity contribution in [3.05, 3.63) is 71.0 Å². The summed E-state index contributed by atoms with van der Waals surface area (Å²) in [4.78, 5) is 11.3. The number of carboxylic acid groups (broad SMARTS) is 1. The molecule has 0 atom stereocenters. The van der Waals surface area contributed by atoms with E-state index in [2.05, 4.69) is 5.32 Å². The monoisotopic (exact) mass is 315 g/mol. The number of nitrogens with one attached hydrogen (secondary N) is 1. The largest absolute Gasteiger partial charge is 0.478 e. The number of hydrogen-bond donors (Lipinski definition) is 2. The van der Waals surface area contributed by atoms with Crippen molar-refractivity contribution in [2.45, 2.75) is 0 Å². The Hall–Kier alpha value is -2.59. The third-order valence-electron chi connectivity index (χ3n) is 3.36. The summed E-state index contributed by atoms with van der Waals surface area (Å²) in [6, 6.07) is 14.6. The predicted octanol–water partition coefficient (Wildman–Crippen LogP) is 5.07. The van der Waals surface area contributed by atoms with E-state index in [-0.39, 0.29) is 10.6 Å². The molecular formula is C17H11ClFNO2. The molecule has 0 aliphatic rings. The number of fused-ring (bicyclic) bond motifs is 1. The number of halogens is 2. The maximum atomic E-state index is 14.0. The lowest BCUT2D eigenvalue weighted by Crippen LogP contribution is -2.03. The molecule has 3 aromatic carbocycles. The van der Waals surface area contributed by atoms with Crippen LogP contribution < -0.4 is 5.32 Å². The highest BCUT2D eigenvalue weighted by molar-refractivity contribution is 6.35. The van der Waals surface area contributed by atoms with E-state index in [0.717, 1.165) is 0 Å². The van der Waals surface area contributed by atoms with Gasteiger partial charge in [-0.15, -0.1) is 0 Å². The fourth-order valence-electron chi connectivity index (χ4n) is 2.34. The van der Waals surface area contributed by atoms with Crippen molar-refractivity contribution < 1.29 is 14.3 Å². The molecule has 0 spiro atoms. The molecule has 2 N–H and O–H groups in total. The summed E-state index contributed by atoms with van der Waals surface area (Å²) in [6.07, 6.45) is 0. The number of anilines is 2. The van der Waals surface area contributed by atoms with E-state index in [1.165, 1.54) is 12.1 Å². The van der Waals surface area contributed by atoms with Gasteiger partial charge in [0.25, 0.3) is 0 Å². The molecule has 3 rings (SSSR count). The number of rotatable bonds is 3. The van der Waals surface area contributed by atoms with E-state index >= 15 is 0 Å². The first-order valence-corrected chi connectivity index (χ1v) is 6.92. The number of aromatic carboxylic acids is 1. The second kappa shape index (κ2) is 5.66.